The van der Waals surface area contributed by atoms with Gasteiger partial charge < -0.3 is 0 Å². The summed E-state index contributed by atoms with van der Waals surface area (Å²) in [6.07, 6.45) is -4.40. The van der Waals surface area contributed by atoms with Crippen LogP contribution < -0.4 is 0 Å². The Morgan fingerprint density at radius 3 is 2.30 bits per heavy atom. The zero-order chi connectivity index (χ0) is 16.4. The van der Waals surface area contributed by atoms with Crippen LogP contribution in [-0.2, 0) is 6.18 Å². The highest BCUT2D eigenvalue weighted by molar-refractivity contribution is 5.73. The van der Waals surface area contributed by atoms with Gasteiger partial charge in [-0.2, -0.15) is 18.4 Å². The first kappa shape index (κ1) is 14.8. The Balaban J connectivity index is 2.06. The molecule has 7 heteroatoms. The Kier molecular flexibility index (Phi) is 3.58. The summed E-state index contributed by atoms with van der Waals surface area (Å²) in [7, 11) is 0. The molecule has 0 amide bonds. The highest BCUT2D eigenvalue weighted by Crippen LogP contribution is 2.33. The van der Waals surface area contributed by atoms with Crippen molar-refractivity contribution >= 4 is 0 Å². The second-order valence-corrected chi connectivity index (χ2v) is 4.81. The molecule has 0 aliphatic carbocycles. The van der Waals surface area contributed by atoms with Crippen LogP contribution in [0.2, 0.25) is 0 Å². The van der Waals surface area contributed by atoms with Crippen LogP contribution in [0.1, 0.15) is 11.3 Å². The van der Waals surface area contributed by atoms with Crippen molar-refractivity contribution in [1.29, 1.82) is 5.26 Å². The highest BCUT2D eigenvalue weighted by atomic mass is 19.4. The summed E-state index contributed by atoms with van der Waals surface area (Å²) in [6.45, 7) is 0. The first-order valence-electron chi connectivity index (χ1n) is 6.58. The van der Waals surface area contributed by atoms with E-state index in [2.05, 4.69) is 15.4 Å². The third-order valence-electron chi connectivity index (χ3n) is 3.32. The monoisotopic (exact) mass is 314 g/mol. The second-order valence-electron chi connectivity index (χ2n) is 4.81. The van der Waals surface area contributed by atoms with Crippen molar-refractivity contribution in [2.24, 2.45) is 0 Å². The normalized spacial score (nSPS) is 11.2. The van der Waals surface area contributed by atoms with Crippen molar-refractivity contribution in [3.8, 4) is 28.5 Å². The average Bonchev–Trinajstić information content (AvgIpc) is 3.03. The largest absolute Gasteiger partial charge is 0.416 e. The molecule has 1 aromatic heterocycles. The zero-order valence-electron chi connectivity index (χ0n) is 11.6. The topological polar surface area (TPSA) is 65.4 Å². The highest BCUT2D eigenvalue weighted by Gasteiger charge is 2.30. The van der Waals surface area contributed by atoms with Crippen molar-refractivity contribution in [1.82, 2.24) is 15.4 Å². The van der Waals surface area contributed by atoms with Gasteiger partial charge in [0.25, 0.3) is 0 Å². The molecule has 1 N–H and O–H groups in total. The summed E-state index contributed by atoms with van der Waals surface area (Å²) >= 11 is 0. The van der Waals surface area contributed by atoms with Crippen molar-refractivity contribution in [2.75, 3.05) is 0 Å². The van der Waals surface area contributed by atoms with E-state index in [4.69, 9.17) is 5.26 Å². The molecule has 0 radical (unpaired) electrons. The molecule has 0 saturated heterocycles. The number of hydrogen-bond acceptors (Lipinski definition) is 3. The van der Waals surface area contributed by atoms with Crippen LogP contribution in [0.3, 0.4) is 0 Å². The molecule has 2 aromatic carbocycles. The lowest BCUT2D eigenvalue weighted by Gasteiger charge is -2.09. The summed E-state index contributed by atoms with van der Waals surface area (Å²) in [5.74, 6) is 0. The molecule has 0 fully saturated rings. The maximum atomic E-state index is 12.8. The van der Waals surface area contributed by atoms with E-state index in [-0.39, 0.29) is 5.69 Å². The summed E-state index contributed by atoms with van der Waals surface area (Å²) in [6, 6.07) is 13.8. The Morgan fingerprint density at radius 2 is 1.61 bits per heavy atom. The fourth-order valence-electron chi connectivity index (χ4n) is 2.23. The number of alkyl halides is 3. The van der Waals surface area contributed by atoms with Crippen LogP contribution in [0.15, 0.2) is 48.5 Å². The number of rotatable bonds is 2. The van der Waals surface area contributed by atoms with Gasteiger partial charge >= 0.3 is 6.18 Å². The second kappa shape index (κ2) is 5.57. The summed E-state index contributed by atoms with van der Waals surface area (Å²) in [5.41, 5.74) is 1.49. The molecule has 0 bridgehead atoms. The first-order chi connectivity index (χ1) is 11.0. The van der Waals surface area contributed by atoms with Crippen LogP contribution in [0.4, 0.5) is 13.2 Å². The van der Waals surface area contributed by atoms with Crippen LogP contribution in [-0.4, -0.2) is 15.4 Å². The minimum atomic E-state index is -4.40. The lowest BCUT2D eigenvalue weighted by atomic mass is 9.99. The maximum Gasteiger partial charge on any atom is 0.416 e. The number of hydrogen-bond donors (Lipinski definition) is 1. The van der Waals surface area contributed by atoms with Gasteiger partial charge in [0.2, 0.25) is 0 Å². The number of nitrogens with one attached hydrogen (secondary N) is 1. The molecule has 0 spiro atoms. The molecular formula is C16H9F3N4. The van der Waals surface area contributed by atoms with E-state index >= 15 is 0 Å². The van der Waals surface area contributed by atoms with Crippen molar-refractivity contribution in [2.45, 2.75) is 6.18 Å². The van der Waals surface area contributed by atoms with Crippen LogP contribution >= 0.6 is 0 Å². The Labute approximate surface area is 129 Å². The van der Waals surface area contributed by atoms with Gasteiger partial charge in [0.15, 0.2) is 5.69 Å². The molecule has 3 rings (SSSR count). The van der Waals surface area contributed by atoms with E-state index in [0.717, 1.165) is 12.1 Å². The number of aromatic nitrogens is 3. The van der Waals surface area contributed by atoms with E-state index in [1.54, 1.807) is 30.3 Å². The molecule has 0 aliphatic heterocycles. The van der Waals surface area contributed by atoms with Gasteiger partial charge in [-0.1, -0.05) is 35.5 Å². The lowest BCUT2D eigenvalue weighted by Crippen LogP contribution is -2.04. The van der Waals surface area contributed by atoms with Gasteiger partial charge in [0.05, 0.1) is 5.56 Å². The average molecular weight is 314 g/mol. The van der Waals surface area contributed by atoms with Gasteiger partial charge in [-0.15, -0.1) is 5.10 Å². The molecular weight excluding hydrogens is 305 g/mol. The molecule has 114 valence electrons. The third-order valence-corrected chi connectivity index (χ3v) is 3.32. The molecule has 4 nitrogen and oxygen atoms in total. The minimum absolute atomic E-state index is 0.200. The minimum Gasteiger partial charge on any atom is -0.247 e. The summed E-state index contributed by atoms with van der Waals surface area (Å²) in [5, 5.41) is 18.9. The van der Waals surface area contributed by atoms with Crippen molar-refractivity contribution in [3.63, 3.8) is 0 Å². The van der Waals surface area contributed by atoms with Gasteiger partial charge in [-0.3, -0.25) is 0 Å². The van der Waals surface area contributed by atoms with Gasteiger partial charge in [-0.25, -0.2) is 5.10 Å². The fraction of sp³-hybridized carbons (Fsp3) is 0.0625. The molecule has 0 saturated carbocycles. The van der Waals surface area contributed by atoms with E-state index in [1.807, 2.05) is 6.07 Å². The van der Waals surface area contributed by atoms with Crippen LogP contribution in [0.25, 0.3) is 22.4 Å². The predicted octanol–water partition coefficient (Wildman–Crippen LogP) is 4.03. The van der Waals surface area contributed by atoms with Crippen LogP contribution in [0.5, 0.6) is 0 Å². The maximum absolute atomic E-state index is 12.8. The zero-order valence-corrected chi connectivity index (χ0v) is 11.6. The van der Waals surface area contributed by atoms with Crippen molar-refractivity contribution in [3.05, 3.63) is 59.8 Å². The summed E-state index contributed by atoms with van der Waals surface area (Å²) in [4.78, 5) is 0. The number of H-pyrrole nitrogens is 1. The molecule has 0 atom stereocenters. The van der Waals surface area contributed by atoms with E-state index in [9.17, 15) is 13.2 Å². The molecule has 1 heterocycles. The molecule has 0 aliphatic rings. The first-order valence-corrected chi connectivity index (χ1v) is 6.58. The van der Waals surface area contributed by atoms with Crippen LogP contribution in [0, 0.1) is 11.3 Å². The van der Waals surface area contributed by atoms with Crippen molar-refractivity contribution < 1.29 is 13.2 Å². The molecule has 0 unspecified atom stereocenters. The Morgan fingerprint density at radius 1 is 0.957 bits per heavy atom. The van der Waals surface area contributed by atoms with E-state index in [1.165, 1.54) is 6.07 Å². The third kappa shape index (κ3) is 2.92. The number of halogens is 3. The predicted molar refractivity (Wildman–Crippen MR) is 77.0 cm³/mol. The Bertz CT molecular complexity index is 891. The van der Waals surface area contributed by atoms with E-state index < -0.39 is 11.7 Å². The number of benzene rings is 2. The lowest BCUT2D eigenvalue weighted by molar-refractivity contribution is -0.137. The smallest absolute Gasteiger partial charge is 0.247 e. The Hall–Kier alpha value is -3.14. The SMILES string of the molecule is N#Cc1[nH]nnc1-c1cccc(-c2cccc(C(F)(F)F)c2)c1. The van der Waals surface area contributed by atoms with Gasteiger partial charge in [0.1, 0.15) is 11.8 Å². The quantitative estimate of drug-likeness (QED) is 0.776. The summed E-state index contributed by atoms with van der Waals surface area (Å²) < 4.78 is 38.5. The molecule has 23 heavy (non-hydrogen) atoms. The number of nitriles is 1. The number of nitrogens with zero attached hydrogens (tertiary/aromatic N) is 3. The number of aromatic amines is 1. The molecule has 3 aromatic rings. The van der Waals surface area contributed by atoms with Gasteiger partial charge in [-0.05, 0) is 29.3 Å². The standard InChI is InChI=1S/C16H9F3N4/c17-16(18,19)13-6-2-4-11(8-13)10-3-1-5-12(7-10)15-14(9-20)21-23-22-15/h1-8H,(H,21,22,23). The fourth-order valence-corrected chi connectivity index (χ4v) is 2.23. The van der Waals surface area contributed by atoms with Gasteiger partial charge in [0, 0.05) is 5.56 Å². The van der Waals surface area contributed by atoms with E-state index in [0.29, 0.717) is 22.4 Å².